The fourth-order valence-corrected chi connectivity index (χ4v) is 4.67. The van der Waals surface area contributed by atoms with E-state index in [1.165, 1.54) is 4.90 Å². The molecule has 2 aromatic carbocycles. The number of aromatic nitrogens is 1. The molecule has 5 rings (SSSR count). The van der Waals surface area contributed by atoms with Crippen molar-refractivity contribution in [3.05, 3.63) is 84.1 Å². The third-order valence-electron chi connectivity index (χ3n) is 6.68. The molecule has 2 N–H and O–H groups in total. The quantitative estimate of drug-likeness (QED) is 0.294. The number of carbonyl (C=O) groups excluding carboxylic acids is 4. The number of likely N-dealkylation sites (tertiary alicyclic amines) is 1. The van der Waals surface area contributed by atoms with Crippen molar-refractivity contribution in [3.63, 3.8) is 0 Å². The highest BCUT2D eigenvalue weighted by atomic mass is 16.5. The molecule has 1 aromatic heterocycles. The molecule has 4 amide bonds. The van der Waals surface area contributed by atoms with Gasteiger partial charge in [-0.25, -0.2) is 0 Å². The van der Waals surface area contributed by atoms with E-state index in [-0.39, 0.29) is 36.6 Å². The summed E-state index contributed by atoms with van der Waals surface area (Å²) in [7, 11) is 0. The summed E-state index contributed by atoms with van der Waals surface area (Å²) in [6.45, 7) is 0.299. The SMILES string of the molecule is O=C(CCN1C(=O)C2CC=CCC2C1=O)NNC(=O)c1ccc(COc2cccc3cccnc23)cc1. The van der Waals surface area contributed by atoms with Crippen molar-refractivity contribution in [2.24, 2.45) is 11.8 Å². The van der Waals surface area contributed by atoms with Gasteiger partial charge in [0, 0.05) is 30.1 Å². The molecule has 0 spiro atoms. The summed E-state index contributed by atoms with van der Waals surface area (Å²) >= 11 is 0. The summed E-state index contributed by atoms with van der Waals surface area (Å²) in [4.78, 5) is 55.2. The predicted molar refractivity (Wildman–Crippen MR) is 135 cm³/mol. The normalized spacial score (nSPS) is 18.5. The first-order valence-corrected chi connectivity index (χ1v) is 12.2. The van der Waals surface area contributed by atoms with Crippen LogP contribution in [0.4, 0.5) is 0 Å². The first-order chi connectivity index (χ1) is 18.0. The molecule has 1 aliphatic heterocycles. The summed E-state index contributed by atoms with van der Waals surface area (Å²) in [5.41, 5.74) is 6.72. The number of nitrogens with one attached hydrogen (secondary N) is 2. The maximum atomic E-state index is 12.5. The number of ether oxygens (including phenoxy) is 1. The summed E-state index contributed by atoms with van der Waals surface area (Å²) < 4.78 is 5.92. The second kappa shape index (κ2) is 10.6. The molecule has 188 valence electrons. The van der Waals surface area contributed by atoms with Crippen LogP contribution >= 0.6 is 0 Å². The van der Waals surface area contributed by atoms with Crippen LogP contribution in [0.5, 0.6) is 5.75 Å². The highest BCUT2D eigenvalue weighted by molar-refractivity contribution is 6.05. The van der Waals surface area contributed by atoms with Crippen molar-refractivity contribution in [3.8, 4) is 5.75 Å². The molecule has 2 atom stereocenters. The fraction of sp³-hybridized carbons (Fsp3) is 0.250. The Hall–Kier alpha value is -4.53. The molecule has 1 fully saturated rings. The molecule has 37 heavy (non-hydrogen) atoms. The van der Waals surface area contributed by atoms with E-state index in [1.54, 1.807) is 30.5 Å². The van der Waals surface area contributed by atoms with Crippen molar-refractivity contribution in [2.45, 2.75) is 25.9 Å². The van der Waals surface area contributed by atoms with Gasteiger partial charge in [0.15, 0.2) is 0 Å². The van der Waals surface area contributed by atoms with E-state index >= 15 is 0 Å². The van der Waals surface area contributed by atoms with Crippen LogP contribution in [0.1, 0.15) is 35.2 Å². The number of fused-ring (bicyclic) bond motifs is 2. The van der Waals surface area contributed by atoms with Gasteiger partial charge in [0.2, 0.25) is 17.7 Å². The topological polar surface area (TPSA) is 118 Å². The van der Waals surface area contributed by atoms with Crippen LogP contribution in [0.25, 0.3) is 10.9 Å². The lowest BCUT2D eigenvalue weighted by Gasteiger charge is -2.14. The Morgan fingerprint density at radius 2 is 1.62 bits per heavy atom. The first-order valence-electron chi connectivity index (χ1n) is 12.2. The minimum atomic E-state index is -0.490. The van der Waals surface area contributed by atoms with Crippen LogP contribution in [0, 0.1) is 11.8 Å². The second-order valence-electron chi connectivity index (χ2n) is 9.05. The molecule has 2 unspecified atom stereocenters. The molecule has 9 heteroatoms. The van der Waals surface area contributed by atoms with Crippen molar-refractivity contribution < 1.29 is 23.9 Å². The highest BCUT2D eigenvalue weighted by Gasteiger charge is 2.46. The molecule has 2 heterocycles. The van der Waals surface area contributed by atoms with E-state index in [2.05, 4.69) is 15.8 Å². The number of para-hydroxylation sites is 1. The summed E-state index contributed by atoms with van der Waals surface area (Å²) in [5, 5.41) is 0.989. The maximum Gasteiger partial charge on any atom is 0.269 e. The molecule has 3 aromatic rings. The van der Waals surface area contributed by atoms with Gasteiger partial charge < -0.3 is 4.74 Å². The first kappa shape index (κ1) is 24.2. The number of rotatable bonds is 7. The van der Waals surface area contributed by atoms with Gasteiger partial charge in [0.05, 0.1) is 11.8 Å². The van der Waals surface area contributed by atoms with E-state index in [0.29, 0.717) is 30.8 Å². The molecular weight excluding hydrogens is 472 g/mol. The van der Waals surface area contributed by atoms with Crippen LogP contribution in [-0.4, -0.2) is 40.1 Å². The largest absolute Gasteiger partial charge is 0.487 e. The van der Waals surface area contributed by atoms with Gasteiger partial charge in [-0.1, -0.05) is 42.5 Å². The number of hydrogen-bond donors (Lipinski definition) is 2. The third-order valence-corrected chi connectivity index (χ3v) is 6.68. The number of nitrogens with zero attached hydrogens (tertiary/aromatic N) is 2. The fourth-order valence-electron chi connectivity index (χ4n) is 4.67. The Labute approximate surface area is 213 Å². The van der Waals surface area contributed by atoms with E-state index < -0.39 is 11.8 Å². The number of amides is 4. The average Bonchev–Trinajstić information content (AvgIpc) is 3.18. The Morgan fingerprint density at radius 1 is 0.919 bits per heavy atom. The lowest BCUT2D eigenvalue weighted by molar-refractivity contribution is -0.140. The molecule has 2 aliphatic rings. The molecule has 1 saturated heterocycles. The Balaban J connectivity index is 1.08. The van der Waals surface area contributed by atoms with E-state index in [1.807, 2.05) is 42.5 Å². The van der Waals surface area contributed by atoms with Crippen molar-refractivity contribution in [1.82, 2.24) is 20.7 Å². The Morgan fingerprint density at radius 3 is 2.35 bits per heavy atom. The van der Waals surface area contributed by atoms with Crippen LogP contribution in [0.3, 0.4) is 0 Å². The molecular formula is C28H26N4O5. The molecule has 1 aliphatic carbocycles. The zero-order valence-electron chi connectivity index (χ0n) is 20.1. The number of imide groups is 1. The molecule has 0 radical (unpaired) electrons. The summed E-state index contributed by atoms with van der Waals surface area (Å²) in [6.07, 6.45) is 6.57. The smallest absolute Gasteiger partial charge is 0.269 e. The molecule has 0 saturated carbocycles. The Kier molecular flexibility index (Phi) is 6.93. The standard InChI is InChI=1S/C28H26N4O5/c33-24(14-16-32-27(35)21-7-1-2-8-22(21)28(32)36)30-31-26(34)20-12-10-18(11-13-20)17-37-23-9-3-5-19-6-4-15-29-25(19)23/h1-6,9-13,15,21-22H,7-8,14,16-17H2,(H,30,33)(H,31,34). The molecule has 0 bridgehead atoms. The number of pyridine rings is 1. The van der Waals surface area contributed by atoms with Gasteiger partial charge in [-0.3, -0.25) is 39.9 Å². The number of allylic oxidation sites excluding steroid dienone is 2. The lowest BCUT2D eigenvalue weighted by atomic mass is 9.85. The number of hydrogen-bond acceptors (Lipinski definition) is 6. The van der Waals surface area contributed by atoms with Crippen LogP contribution in [0.15, 0.2) is 72.9 Å². The van der Waals surface area contributed by atoms with Crippen molar-refractivity contribution in [2.75, 3.05) is 6.54 Å². The van der Waals surface area contributed by atoms with Crippen LogP contribution in [-0.2, 0) is 21.0 Å². The van der Waals surface area contributed by atoms with E-state index in [9.17, 15) is 19.2 Å². The van der Waals surface area contributed by atoms with Crippen molar-refractivity contribution in [1.29, 1.82) is 0 Å². The Bertz CT molecular complexity index is 1350. The zero-order chi connectivity index (χ0) is 25.8. The molecule has 9 nitrogen and oxygen atoms in total. The number of benzene rings is 2. The van der Waals surface area contributed by atoms with Crippen LogP contribution in [0.2, 0.25) is 0 Å². The van der Waals surface area contributed by atoms with Gasteiger partial charge in [-0.05, 0) is 42.7 Å². The minimum absolute atomic E-state index is 0.00666. The van der Waals surface area contributed by atoms with Crippen molar-refractivity contribution >= 4 is 34.5 Å². The van der Waals surface area contributed by atoms with Gasteiger partial charge in [0.25, 0.3) is 5.91 Å². The zero-order valence-corrected chi connectivity index (χ0v) is 20.1. The monoisotopic (exact) mass is 498 g/mol. The highest BCUT2D eigenvalue weighted by Crippen LogP contribution is 2.35. The van der Waals surface area contributed by atoms with E-state index in [0.717, 1.165) is 16.5 Å². The van der Waals surface area contributed by atoms with Crippen LogP contribution < -0.4 is 15.6 Å². The van der Waals surface area contributed by atoms with E-state index in [4.69, 9.17) is 4.74 Å². The van der Waals surface area contributed by atoms with Gasteiger partial charge in [-0.2, -0.15) is 0 Å². The van der Waals surface area contributed by atoms with Gasteiger partial charge in [-0.15, -0.1) is 0 Å². The third kappa shape index (κ3) is 5.20. The maximum absolute atomic E-state index is 12.5. The summed E-state index contributed by atoms with van der Waals surface area (Å²) in [5.74, 6) is -1.39. The van der Waals surface area contributed by atoms with Gasteiger partial charge >= 0.3 is 0 Å². The predicted octanol–water partition coefficient (Wildman–Crippen LogP) is 2.92. The lowest BCUT2D eigenvalue weighted by Crippen LogP contribution is -2.43. The number of hydrazine groups is 1. The average molecular weight is 499 g/mol. The van der Waals surface area contributed by atoms with Gasteiger partial charge in [0.1, 0.15) is 17.9 Å². The summed E-state index contributed by atoms with van der Waals surface area (Å²) in [6, 6.07) is 16.4. The minimum Gasteiger partial charge on any atom is -0.487 e. The second-order valence-corrected chi connectivity index (χ2v) is 9.05. The number of carbonyl (C=O) groups is 4.